The number of pyridine rings is 1. The van der Waals surface area contributed by atoms with Gasteiger partial charge < -0.3 is 0 Å². The number of hydrogen-bond donors (Lipinski definition) is 0. The van der Waals surface area contributed by atoms with Gasteiger partial charge in [-0.05, 0) is 72.9 Å². The third kappa shape index (κ3) is 4.80. The van der Waals surface area contributed by atoms with Crippen molar-refractivity contribution < 1.29 is 0 Å². The fraction of sp³-hybridized carbons (Fsp3) is 0.162. The highest BCUT2D eigenvalue weighted by molar-refractivity contribution is 6.07. The number of hydrogen-bond acceptors (Lipinski definition) is 3. The molecule has 0 bridgehead atoms. The van der Waals surface area contributed by atoms with Gasteiger partial charge in [-0.25, -0.2) is 4.98 Å². The molecule has 2 aliphatic carbocycles. The third-order valence-electron chi connectivity index (χ3n) is 7.93. The van der Waals surface area contributed by atoms with E-state index in [1.165, 1.54) is 22.3 Å². The van der Waals surface area contributed by atoms with Crippen LogP contribution in [0.4, 0.5) is 11.4 Å². The zero-order valence-corrected chi connectivity index (χ0v) is 22.6. The van der Waals surface area contributed by atoms with Crippen LogP contribution in [0.5, 0.6) is 0 Å². The van der Waals surface area contributed by atoms with Crippen LogP contribution in [0.15, 0.2) is 125 Å². The van der Waals surface area contributed by atoms with Crippen LogP contribution in [-0.4, -0.2) is 16.4 Å². The van der Waals surface area contributed by atoms with Crippen LogP contribution in [0, 0.1) is 0 Å². The van der Waals surface area contributed by atoms with E-state index in [1.807, 2.05) is 0 Å². The summed E-state index contributed by atoms with van der Waals surface area (Å²) in [6.07, 6.45) is 6.18. The highest BCUT2D eigenvalue weighted by atomic mass is 14.9. The van der Waals surface area contributed by atoms with Gasteiger partial charge >= 0.3 is 0 Å². The van der Waals surface area contributed by atoms with Gasteiger partial charge in [-0.15, -0.1) is 0 Å². The molecule has 4 aromatic carbocycles. The van der Waals surface area contributed by atoms with Gasteiger partial charge in [0.1, 0.15) is 0 Å². The first-order chi connectivity index (χ1) is 19.8. The number of benzene rings is 4. The molecule has 1 aromatic heterocycles. The molecule has 0 spiro atoms. The number of rotatable bonds is 4. The first-order valence-electron chi connectivity index (χ1n) is 14.3. The number of aliphatic imine (C=N–C) groups is 2. The molecule has 0 saturated heterocycles. The van der Waals surface area contributed by atoms with Crippen LogP contribution in [0.1, 0.15) is 48.2 Å². The Balaban J connectivity index is 1.32. The molecule has 40 heavy (non-hydrogen) atoms. The molecule has 0 atom stereocenters. The average molecular weight is 518 g/mol. The molecule has 0 saturated carbocycles. The van der Waals surface area contributed by atoms with Gasteiger partial charge in [0.25, 0.3) is 0 Å². The van der Waals surface area contributed by atoms with Crippen LogP contribution in [0.2, 0.25) is 0 Å². The van der Waals surface area contributed by atoms with Crippen molar-refractivity contribution in [2.75, 3.05) is 0 Å². The Morgan fingerprint density at radius 3 is 1.35 bits per heavy atom. The maximum absolute atomic E-state index is 5.35. The molecule has 2 aliphatic rings. The fourth-order valence-corrected chi connectivity index (χ4v) is 5.99. The molecule has 0 N–H and O–H groups in total. The minimum atomic E-state index is 0.936. The Morgan fingerprint density at radius 1 is 0.450 bits per heavy atom. The van der Waals surface area contributed by atoms with E-state index in [0.717, 1.165) is 83.8 Å². The van der Waals surface area contributed by atoms with Crippen molar-refractivity contribution in [3.8, 4) is 22.3 Å². The summed E-state index contributed by atoms with van der Waals surface area (Å²) in [7, 11) is 0. The fourth-order valence-electron chi connectivity index (χ4n) is 5.99. The lowest BCUT2D eigenvalue weighted by atomic mass is 9.87. The Hall–Kier alpha value is -4.63. The van der Waals surface area contributed by atoms with Crippen molar-refractivity contribution in [2.24, 2.45) is 9.98 Å². The minimum Gasteiger partial charge on any atom is -0.251 e. The highest BCUT2D eigenvalue weighted by Gasteiger charge is 2.25. The van der Waals surface area contributed by atoms with Gasteiger partial charge in [0.2, 0.25) is 0 Å². The quantitative estimate of drug-likeness (QED) is 0.234. The second kappa shape index (κ2) is 10.9. The number of nitrogens with zero attached hydrogens (tertiary/aromatic N) is 3. The van der Waals surface area contributed by atoms with Crippen molar-refractivity contribution in [3.05, 3.63) is 138 Å². The molecule has 0 fully saturated rings. The molecule has 1 heterocycles. The van der Waals surface area contributed by atoms with E-state index >= 15 is 0 Å². The summed E-state index contributed by atoms with van der Waals surface area (Å²) in [6, 6.07) is 40.3. The van der Waals surface area contributed by atoms with Crippen molar-refractivity contribution in [3.63, 3.8) is 0 Å². The predicted molar refractivity (Wildman–Crippen MR) is 166 cm³/mol. The van der Waals surface area contributed by atoms with E-state index in [4.69, 9.17) is 15.0 Å². The first-order valence-corrected chi connectivity index (χ1v) is 14.3. The van der Waals surface area contributed by atoms with Crippen molar-refractivity contribution >= 4 is 22.8 Å². The summed E-state index contributed by atoms with van der Waals surface area (Å²) in [4.78, 5) is 15.9. The summed E-state index contributed by atoms with van der Waals surface area (Å²) in [6.45, 7) is 0. The molecule has 7 rings (SSSR count). The molecule has 0 aliphatic heterocycles. The van der Waals surface area contributed by atoms with Gasteiger partial charge in [0.15, 0.2) is 0 Å². The monoisotopic (exact) mass is 517 g/mol. The van der Waals surface area contributed by atoms with Crippen molar-refractivity contribution in [1.29, 1.82) is 0 Å². The van der Waals surface area contributed by atoms with E-state index in [1.54, 1.807) is 0 Å². The zero-order valence-electron chi connectivity index (χ0n) is 22.6. The van der Waals surface area contributed by atoms with Crippen LogP contribution < -0.4 is 0 Å². The van der Waals surface area contributed by atoms with E-state index < -0.39 is 0 Å². The highest BCUT2D eigenvalue weighted by Crippen LogP contribution is 2.35. The van der Waals surface area contributed by atoms with Crippen molar-refractivity contribution in [2.45, 2.75) is 38.5 Å². The van der Waals surface area contributed by atoms with Gasteiger partial charge in [-0.3, -0.25) is 9.98 Å². The molecule has 5 aromatic rings. The molecular formula is C37H31N3. The van der Waals surface area contributed by atoms with Crippen molar-refractivity contribution in [1.82, 2.24) is 4.98 Å². The summed E-state index contributed by atoms with van der Waals surface area (Å²) in [5.41, 5.74) is 13.6. The van der Waals surface area contributed by atoms with Gasteiger partial charge in [0, 0.05) is 11.1 Å². The van der Waals surface area contributed by atoms with Crippen LogP contribution in [0.3, 0.4) is 0 Å². The number of aryl methyl sites for hydroxylation is 2. The molecule has 194 valence electrons. The Labute approximate surface area is 236 Å². The summed E-state index contributed by atoms with van der Waals surface area (Å²) < 4.78 is 0. The van der Waals surface area contributed by atoms with Crippen LogP contribution in [0.25, 0.3) is 22.3 Å². The maximum Gasteiger partial charge on any atom is 0.0884 e. The van der Waals surface area contributed by atoms with Gasteiger partial charge in [0.05, 0.1) is 34.2 Å². The molecule has 0 radical (unpaired) electrons. The average Bonchev–Trinajstić information content (AvgIpc) is 3.02. The van der Waals surface area contributed by atoms with Gasteiger partial charge in [-0.2, -0.15) is 0 Å². The SMILES string of the molecule is c1ccc(-c2ccccc2N=C2CCCc3cc4c(nc32)C(=Nc2ccccc2-c2ccccc2)CCC4)cc1. The van der Waals surface area contributed by atoms with E-state index in [9.17, 15) is 0 Å². The molecule has 3 heteroatoms. The third-order valence-corrected chi connectivity index (χ3v) is 7.93. The normalized spacial score (nSPS) is 16.5. The molecule has 0 amide bonds. The summed E-state index contributed by atoms with van der Waals surface area (Å²) in [5.74, 6) is 0. The molecule has 3 nitrogen and oxygen atoms in total. The number of para-hydroxylation sites is 2. The number of aromatic nitrogens is 1. The smallest absolute Gasteiger partial charge is 0.0884 e. The number of fused-ring (bicyclic) bond motifs is 2. The topological polar surface area (TPSA) is 37.6 Å². The Bertz CT molecular complexity index is 1610. The standard InChI is InChI=1S/C37H31N3/c1-3-13-26(14-4-1)30-19-7-9-21-32(30)38-34-23-11-17-28-25-29-18-12-24-35(37(29)40-36(28)34)39-33-22-10-8-20-31(33)27-15-5-2-6-16-27/h1-10,13-16,19-22,25H,11-12,17-18,23-24H2. The summed E-state index contributed by atoms with van der Waals surface area (Å²) in [5, 5.41) is 0. The zero-order chi connectivity index (χ0) is 26.7. The van der Waals surface area contributed by atoms with E-state index in [2.05, 4.69) is 115 Å². The maximum atomic E-state index is 5.35. The van der Waals surface area contributed by atoms with Crippen LogP contribution >= 0.6 is 0 Å². The van der Waals surface area contributed by atoms with Crippen LogP contribution in [-0.2, 0) is 12.8 Å². The van der Waals surface area contributed by atoms with E-state index in [0.29, 0.717) is 0 Å². The predicted octanol–water partition coefficient (Wildman–Crippen LogP) is 9.33. The molecule has 0 unspecified atom stereocenters. The minimum absolute atomic E-state index is 0.936. The van der Waals surface area contributed by atoms with Gasteiger partial charge in [-0.1, -0.05) is 103 Å². The lowest BCUT2D eigenvalue weighted by Gasteiger charge is -2.24. The lowest BCUT2D eigenvalue weighted by Crippen LogP contribution is -2.21. The largest absolute Gasteiger partial charge is 0.251 e. The second-order valence-corrected chi connectivity index (χ2v) is 10.6. The second-order valence-electron chi connectivity index (χ2n) is 10.6. The summed E-state index contributed by atoms with van der Waals surface area (Å²) >= 11 is 0. The first kappa shape index (κ1) is 24.4. The Morgan fingerprint density at radius 2 is 0.875 bits per heavy atom. The van der Waals surface area contributed by atoms with E-state index in [-0.39, 0.29) is 0 Å². The molecular weight excluding hydrogens is 486 g/mol. The lowest BCUT2D eigenvalue weighted by molar-refractivity contribution is 0.792. The Kier molecular flexibility index (Phi) is 6.63.